The highest BCUT2D eigenvalue weighted by atomic mass is 19.4. The Kier molecular flexibility index (Phi) is 7.77. The highest BCUT2D eigenvalue weighted by Gasteiger charge is 2.35. The molecule has 0 aliphatic carbocycles. The van der Waals surface area contributed by atoms with Gasteiger partial charge in [-0.3, -0.25) is 9.59 Å². The standard InChI is InChI=1S/C24H27F3N2O3/c1-17-7-2-5-10-21(17)32-16-6-11-22(30)29-14-12-18(13-15-29)28-23(31)19-8-3-4-9-20(19)24(25,26)27/h2-5,7-10,18H,6,11-16H2,1H3,(H,28,31). The predicted octanol–water partition coefficient (Wildman–Crippen LogP) is 4.59. The van der Waals surface area contributed by atoms with Crippen molar-refractivity contribution in [2.24, 2.45) is 0 Å². The maximum Gasteiger partial charge on any atom is 0.417 e. The topological polar surface area (TPSA) is 58.6 Å². The summed E-state index contributed by atoms with van der Waals surface area (Å²) in [5.41, 5.74) is -0.286. The van der Waals surface area contributed by atoms with E-state index in [0.717, 1.165) is 17.4 Å². The minimum Gasteiger partial charge on any atom is -0.493 e. The molecular formula is C24H27F3N2O3. The Balaban J connectivity index is 1.42. The Bertz CT molecular complexity index is 938. The number of nitrogens with one attached hydrogen (secondary N) is 1. The van der Waals surface area contributed by atoms with Gasteiger partial charge in [0.05, 0.1) is 17.7 Å². The van der Waals surface area contributed by atoms with Crippen molar-refractivity contribution in [1.82, 2.24) is 10.2 Å². The molecule has 3 rings (SSSR count). The smallest absolute Gasteiger partial charge is 0.417 e. The molecule has 2 aromatic rings. The average molecular weight is 448 g/mol. The fraction of sp³-hybridized carbons (Fsp3) is 0.417. The molecule has 1 aliphatic rings. The summed E-state index contributed by atoms with van der Waals surface area (Å²) >= 11 is 0. The number of nitrogens with zero attached hydrogens (tertiary/aromatic N) is 1. The number of benzene rings is 2. The Labute approximate surface area is 185 Å². The number of piperidine rings is 1. The number of aryl methyl sites for hydroxylation is 1. The van der Waals surface area contributed by atoms with E-state index >= 15 is 0 Å². The van der Waals surface area contributed by atoms with Gasteiger partial charge in [0.1, 0.15) is 5.75 Å². The maximum absolute atomic E-state index is 13.1. The van der Waals surface area contributed by atoms with Gasteiger partial charge in [0, 0.05) is 25.6 Å². The number of para-hydroxylation sites is 1. The second-order valence-electron chi connectivity index (χ2n) is 7.89. The molecule has 0 unspecified atom stereocenters. The number of carbonyl (C=O) groups is 2. The molecule has 0 atom stereocenters. The lowest BCUT2D eigenvalue weighted by Crippen LogP contribution is -2.46. The van der Waals surface area contributed by atoms with Gasteiger partial charge in [0.2, 0.25) is 5.91 Å². The predicted molar refractivity (Wildman–Crippen MR) is 114 cm³/mol. The van der Waals surface area contributed by atoms with Crippen LogP contribution in [0.15, 0.2) is 48.5 Å². The fourth-order valence-corrected chi connectivity index (χ4v) is 3.75. The first-order valence-electron chi connectivity index (χ1n) is 10.7. The number of rotatable bonds is 7. The summed E-state index contributed by atoms with van der Waals surface area (Å²) in [6.07, 6.45) is -2.62. The van der Waals surface area contributed by atoms with Crippen LogP contribution >= 0.6 is 0 Å². The molecule has 0 radical (unpaired) electrons. The van der Waals surface area contributed by atoms with E-state index in [1.807, 2.05) is 31.2 Å². The van der Waals surface area contributed by atoms with Gasteiger partial charge >= 0.3 is 6.18 Å². The van der Waals surface area contributed by atoms with E-state index in [2.05, 4.69) is 5.32 Å². The quantitative estimate of drug-likeness (QED) is 0.630. The molecule has 1 saturated heterocycles. The fourth-order valence-electron chi connectivity index (χ4n) is 3.75. The molecule has 2 amide bonds. The van der Waals surface area contributed by atoms with Crippen LogP contribution in [0, 0.1) is 6.92 Å². The van der Waals surface area contributed by atoms with Gasteiger partial charge in [-0.15, -0.1) is 0 Å². The lowest BCUT2D eigenvalue weighted by molar-refractivity contribution is -0.138. The van der Waals surface area contributed by atoms with Gasteiger partial charge < -0.3 is 15.0 Å². The zero-order valence-corrected chi connectivity index (χ0v) is 18.0. The second kappa shape index (κ2) is 10.5. The van der Waals surface area contributed by atoms with Crippen molar-refractivity contribution < 1.29 is 27.5 Å². The number of likely N-dealkylation sites (tertiary alicyclic amines) is 1. The van der Waals surface area contributed by atoms with E-state index in [9.17, 15) is 22.8 Å². The summed E-state index contributed by atoms with van der Waals surface area (Å²) in [6, 6.07) is 12.2. The van der Waals surface area contributed by atoms with Crippen molar-refractivity contribution in [2.45, 2.75) is 44.8 Å². The van der Waals surface area contributed by atoms with Crippen LogP contribution in [0.5, 0.6) is 5.75 Å². The number of hydrogen-bond acceptors (Lipinski definition) is 3. The summed E-state index contributed by atoms with van der Waals surface area (Å²) < 4.78 is 45.1. The number of amides is 2. The van der Waals surface area contributed by atoms with Crippen molar-refractivity contribution in [2.75, 3.05) is 19.7 Å². The van der Waals surface area contributed by atoms with E-state index in [-0.39, 0.29) is 17.5 Å². The minimum atomic E-state index is -4.59. The van der Waals surface area contributed by atoms with E-state index in [1.54, 1.807) is 4.90 Å². The van der Waals surface area contributed by atoms with E-state index in [0.29, 0.717) is 45.4 Å². The lowest BCUT2D eigenvalue weighted by atomic mass is 10.0. The Morgan fingerprint density at radius 1 is 1.06 bits per heavy atom. The summed E-state index contributed by atoms with van der Waals surface area (Å²) in [5.74, 6) is 0.0882. The first-order valence-corrected chi connectivity index (χ1v) is 10.7. The lowest BCUT2D eigenvalue weighted by Gasteiger charge is -2.32. The SMILES string of the molecule is Cc1ccccc1OCCCC(=O)N1CCC(NC(=O)c2ccccc2C(F)(F)F)CC1. The van der Waals surface area contributed by atoms with E-state index in [1.165, 1.54) is 18.2 Å². The monoisotopic (exact) mass is 448 g/mol. The normalized spacial score (nSPS) is 14.8. The summed E-state index contributed by atoms with van der Waals surface area (Å²) in [6.45, 7) is 3.33. The molecule has 1 aliphatic heterocycles. The number of ether oxygens (including phenoxy) is 1. The summed E-state index contributed by atoms with van der Waals surface area (Å²) in [7, 11) is 0. The highest BCUT2D eigenvalue weighted by molar-refractivity contribution is 5.96. The number of carbonyl (C=O) groups excluding carboxylic acids is 2. The Morgan fingerprint density at radius 3 is 2.41 bits per heavy atom. The number of hydrogen-bond donors (Lipinski definition) is 1. The second-order valence-corrected chi connectivity index (χ2v) is 7.89. The van der Waals surface area contributed by atoms with Crippen LogP contribution in [-0.2, 0) is 11.0 Å². The zero-order valence-electron chi connectivity index (χ0n) is 18.0. The van der Waals surface area contributed by atoms with Crippen molar-refractivity contribution >= 4 is 11.8 Å². The number of alkyl halides is 3. The van der Waals surface area contributed by atoms with Gasteiger partial charge in [-0.05, 0) is 49.9 Å². The molecule has 1 fully saturated rings. The van der Waals surface area contributed by atoms with Crippen molar-refractivity contribution in [3.63, 3.8) is 0 Å². The Hall–Kier alpha value is -3.03. The molecule has 172 valence electrons. The van der Waals surface area contributed by atoms with Crippen LogP contribution in [0.1, 0.15) is 47.2 Å². The van der Waals surface area contributed by atoms with Crippen LogP contribution in [0.4, 0.5) is 13.2 Å². The minimum absolute atomic E-state index is 0.0191. The van der Waals surface area contributed by atoms with Gasteiger partial charge in [-0.1, -0.05) is 30.3 Å². The van der Waals surface area contributed by atoms with Crippen LogP contribution in [-0.4, -0.2) is 42.5 Å². The molecule has 0 spiro atoms. The molecule has 32 heavy (non-hydrogen) atoms. The first kappa shape index (κ1) is 23.6. The molecule has 0 saturated carbocycles. The van der Waals surface area contributed by atoms with Crippen LogP contribution in [0.25, 0.3) is 0 Å². The number of halogens is 3. The maximum atomic E-state index is 13.1. The third kappa shape index (κ3) is 6.24. The van der Waals surface area contributed by atoms with Gasteiger partial charge in [-0.25, -0.2) is 0 Å². The Morgan fingerprint density at radius 2 is 1.72 bits per heavy atom. The molecular weight excluding hydrogens is 421 g/mol. The van der Waals surface area contributed by atoms with E-state index in [4.69, 9.17) is 4.74 Å². The molecule has 0 aromatic heterocycles. The van der Waals surface area contributed by atoms with Crippen LogP contribution in [0.3, 0.4) is 0 Å². The average Bonchev–Trinajstić information content (AvgIpc) is 2.77. The summed E-state index contributed by atoms with van der Waals surface area (Å²) in [4.78, 5) is 26.6. The molecule has 1 heterocycles. The van der Waals surface area contributed by atoms with Crippen LogP contribution in [0.2, 0.25) is 0 Å². The molecule has 1 N–H and O–H groups in total. The van der Waals surface area contributed by atoms with Crippen molar-refractivity contribution in [3.05, 3.63) is 65.2 Å². The van der Waals surface area contributed by atoms with Crippen molar-refractivity contribution in [1.29, 1.82) is 0 Å². The first-order chi connectivity index (χ1) is 15.3. The molecule has 2 aromatic carbocycles. The molecule has 0 bridgehead atoms. The third-order valence-electron chi connectivity index (χ3n) is 5.55. The summed E-state index contributed by atoms with van der Waals surface area (Å²) in [5, 5.41) is 2.69. The third-order valence-corrected chi connectivity index (χ3v) is 5.55. The van der Waals surface area contributed by atoms with E-state index < -0.39 is 17.6 Å². The van der Waals surface area contributed by atoms with Crippen LogP contribution < -0.4 is 10.1 Å². The largest absolute Gasteiger partial charge is 0.493 e. The van der Waals surface area contributed by atoms with Crippen molar-refractivity contribution in [3.8, 4) is 5.75 Å². The van der Waals surface area contributed by atoms with Gasteiger partial charge in [-0.2, -0.15) is 13.2 Å². The zero-order chi connectivity index (χ0) is 23.1. The molecule has 5 nitrogen and oxygen atoms in total. The van der Waals surface area contributed by atoms with Gasteiger partial charge in [0.25, 0.3) is 5.91 Å². The highest BCUT2D eigenvalue weighted by Crippen LogP contribution is 2.32. The van der Waals surface area contributed by atoms with Gasteiger partial charge in [0.15, 0.2) is 0 Å². The molecule has 8 heteroatoms.